The van der Waals surface area contributed by atoms with Crippen molar-refractivity contribution in [3.63, 3.8) is 0 Å². The molecule has 26 heavy (non-hydrogen) atoms. The number of nitrogens with zero attached hydrogens (tertiary/aromatic N) is 4. The smallest absolute Gasteiger partial charge is 0.204 e. The number of fused-ring (bicyclic) bond motifs is 3. The van der Waals surface area contributed by atoms with Crippen LogP contribution in [-0.2, 0) is 0 Å². The number of furan rings is 1. The molecule has 6 heteroatoms. The van der Waals surface area contributed by atoms with Crippen LogP contribution in [0.1, 0.15) is 0 Å². The lowest BCUT2D eigenvalue weighted by Gasteiger charge is -2.09. The fourth-order valence-electron chi connectivity index (χ4n) is 3.10. The number of hydrogen-bond acceptors (Lipinski definition) is 5. The van der Waals surface area contributed by atoms with Crippen LogP contribution in [0.15, 0.2) is 71.3 Å². The number of ether oxygens (including phenoxy) is 1. The SMILES string of the molecule is COc1ccc2nc(-c3ccccc3)c3nnc(-c4ccco4)n3c2c1. The highest BCUT2D eigenvalue weighted by molar-refractivity contribution is 5.88. The zero-order valence-corrected chi connectivity index (χ0v) is 14.0. The highest BCUT2D eigenvalue weighted by atomic mass is 16.5. The Morgan fingerprint density at radius 1 is 0.962 bits per heavy atom. The molecule has 5 rings (SSSR count). The first-order valence-corrected chi connectivity index (χ1v) is 8.17. The Morgan fingerprint density at radius 2 is 1.85 bits per heavy atom. The molecule has 0 bridgehead atoms. The van der Waals surface area contributed by atoms with Gasteiger partial charge in [0.25, 0.3) is 0 Å². The largest absolute Gasteiger partial charge is 0.497 e. The first-order chi connectivity index (χ1) is 12.8. The Kier molecular flexibility index (Phi) is 3.21. The second kappa shape index (κ2) is 5.70. The van der Waals surface area contributed by atoms with Gasteiger partial charge in [-0.25, -0.2) is 4.98 Å². The quantitative estimate of drug-likeness (QED) is 0.491. The maximum absolute atomic E-state index is 5.56. The maximum Gasteiger partial charge on any atom is 0.204 e. The average molecular weight is 342 g/mol. The third-order valence-corrected chi connectivity index (χ3v) is 4.32. The first kappa shape index (κ1) is 14.7. The second-order valence-corrected chi connectivity index (χ2v) is 5.84. The van der Waals surface area contributed by atoms with Gasteiger partial charge in [-0.2, -0.15) is 0 Å². The van der Waals surface area contributed by atoms with E-state index in [0.717, 1.165) is 28.0 Å². The van der Waals surface area contributed by atoms with Crippen molar-refractivity contribution >= 4 is 16.7 Å². The zero-order valence-electron chi connectivity index (χ0n) is 14.0. The minimum atomic E-state index is 0.628. The molecule has 3 aromatic heterocycles. The van der Waals surface area contributed by atoms with Crippen LogP contribution in [0.25, 0.3) is 39.5 Å². The van der Waals surface area contributed by atoms with Gasteiger partial charge in [0.15, 0.2) is 11.4 Å². The molecule has 0 aliphatic carbocycles. The fourth-order valence-corrected chi connectivity index (χ4v) is 3.10. The van der Waals surface area contributed by atoms with E-state index in [-0.39, 0.29) is 0 Å². The number of hydrogen-bond donors (Lipinski definition) is 0. The number of benzene rings is 2. The van der Waals surface area contributed by atoms with Crippen LogP contribution in [0.3, 0.4) is 0 Å². The molecule has 0 saturated carbocycles. The molecule has 0 unspecified atom stereocenters. The predicted molar refractivity (Wildman–Crippen MR) is 98.0 cm³/mol. The summed E-state index contributed by atoms with van der Waals surface area (Å²) in [6.07, 6.45) is 1.62. The van der Waals surface area contributed by atoms with E-state index >= 15 is 0 Å². The van der Waals surface area contributed by atoms with Crippen molar-refractivity contribution < 1.29 is 9.15 Å². The van der Waals surface area contributed by atoms with E-state index in [1.807, 2.05) is 65.1 Å². The van der Waals surface area contributed by atoms with E-state index in [1.165, 1.54) is 0 Å². The molecule has 0 N–H and O–H groups in total. The molecule has 0 saturated heterocycles. The molecule has 6 nitrogen and oxygen atoms in total. The zero-order chi connectivity index (χ0) is 17.5. The minimum Gasteiger partial charge on any atom is -0.497 e. The predicted octanol–water partition coefficient (Wildman–Crippen LogP) is 4.21. The maximum atomic E-state index is 5.56. The second-order valence-electron chi connectivity index (χ2n) is 5.84. The van der Waals surface area contributed by atoms with Crippen molar-refractivity contribution in [2.24, 2.45) is 0 Å². The Labute approximate surface area is 148 Å². The van der Waals surface area contributed by atoms with E-state index < -0.39 is 0 Å². The van der Waals surface area contributed by atoms with Crippen LogP contribution >= 0.6 is 0 Å². The van der Waals surface area contributed by atoms with E-state index in [9.17, 15) is 0 Å². The first-order valence-electron chi connectivity index (χ1n) is 8.17. The van der Waals surface area contributed by atoms with Crippen molar-refractivity contribution in [2.75, 3.05) is 7.11 Å². The van der Waals surface area contributed by atoms with E-state index in [1.54, 1.807) is 13.4 Å². The van der Waals surface area contributed by atoms with Gasteiger partial charge >= 0.3 is 0 Å². The van der Waals surface area contributed by atoms with Crippen LogP contribution in [0.5, 0.6) is 5.75 Å². The van der Waals surface area contributed by atoms with Crippen molar-refractivity contribution in [2.45, 2.75) is 0 Å². The van der Waals surface area contributed by atoms with Crippen molar-refractivity contribution in [1.29, 1.82) is 0 Å². The Balaban J connectivity index is 1.93. The minimum absolute atomic E-state index is 0.628. The van der Waals surface area contributed by atoms with E-state index in [4.69, 9.17) is 14.1 Å². The normalized spacial score (nSPS) is 11.3. The van der Waals surface area contributed by atoms with Gasteiger partial charge in [0, 0.05) is 11.6 Å². The summed E-state index contributed by atoms with van der Waals surface area (Å²) >= 11 is 0. The van der Waals surface area contributed by atoms with Gasteiger partial charge in [-0.1, -0.05) is 30.3 Å². The number of rotatable bonds is 3. The van der Waals surface area contributed by atoms with E-state index in [0.29, 0.717) is 17.2 Å². The molecule has 126 valence electrons. The van der Waals surface area contributed by atoms with Gasteiger partial charge in [-0.3, -0.25) is 4.40 Å². The summed E-state index contributed by atoms with van der Waals surface area (Å²) in [5.74, 6) is 2.02. The Hall–Kier alpha value is -3.67. The van der Waals surface area contributed by atoms with Crippen LogP contribution < -0.4 is 4.74 Å². The van der Waals surface area contributed by atoms with Crippen molar-refractivity contribution in [1.82, 2.24) is 19.6 Å². The van der Waals surface area contributed by atoms with Gasteiger partial charge in [0.1, 0.15) is 11.4 Å². The lowest BCUT2D eigenvalue weighted by molar-refractivity contribution is 0.415. The van der Waals surface area contributed by atoms with Gasteiger partial charge in [0.05, 0.1) is 24.4 Å². The van der Waals surface area contributed by atoms with Gasteiger partial charge < -0.3 is 9.15 Å². The standard InChI is InChI=1S/C20H14N4O2/c1-25-14-9-10-15-16(12-14)24-19(17-8-5-11-26-17)22-23-20(24)18(21-15)13-6-3-2-4-7-13/h2-12H,1H3. The highest BCUT2D eigenvalue weighted by Crippen LogP contribution is 2.31. The van der Waals surface area contributed by atoms with Gasteiger partial charge in [0.2, 0.25) is 5.82 Å². The Bertz CT molecular complexity index is 1210. The third-order valence-electron chi connectivity index (χ3n) is 4.32. The summed E-state index contributed by atoms with van der Waals surface area (Å²) in [7, 11) is 1.64. The van der Waals surface area contributed by atoms with Crippen LogP contribution in [0.2, 0.25) is 0 Å². The van der Waals surface area contributed by atoms with Crippen LogP contribution in [0.4, 0.5) is 0 Å². The molecule has 5 aromatic rings. The molecule has 0 fully saturated rings. The number of methoxy groups -OCH3 is 1. The fraction of sp³-hybridized carbons (Fsp3) is 0.0500. The summed E-state index contributed by atoms with van der Waals surface area (Å²) in [4.78, 5) is 4.83. The third kappa shape index (κ3) is 2.16. The van der Waals surface area contributed by atoms with Crippen LogP contribution in [-0.4, -0.2) is 26.7 Å². The Morgan fingerprint density at radius 3 is 2.62 bits per heavy atom. The van der Waals surface area contributed by atoms with Gasteiger partial charge in [-0.15, -0.1) is 10.2 Å². The highest BCUT2D eigenvalue weighted by Gasteiger charge is 2.19. The summed E-state index contributed by atoms with van der Waals surface area (Å²) in [6, 6.07) is 19.4. The molecule has 0 amide bonds. The molecule has 0 radical (unpaired) electrons. The summed E-state index contributed by atoms with van der Waals surface area (Å²) in [5, 5.41) is 8.77. The van der Waals surface area contributed by atoms with Crippen molar-refractivity contribution in [3.8, 4) is 28.6 Å². The summed E-state index contributed by atoms with van der Waals surface area (Å²) in [6.45, 7) is 0. The molecular weight excluding hydrogens is 328 g/mol. The topological polar surface area (TPSA) is 65.5 Å². The summed E-state index contributed by atoms with van der Waals surface area (Å²) in [5.41, 5.74) is 4.10. The monoisotopic (exact) mass is 342 g/mol. The number of aromatic nitrogens is 4. The summed E-state index contributed by atoms with van der Waals surface area (Å²) < 4.78 is 12.9. The lowest BCUT2D eigenvalue weighted by Crippen LogP contribution is -1.98. The molecule has 0 spiro atoms. The molecule has 2 aromatic carbocycles. The molecule has 0 atom stereocenters. The molecule has 0 aliphatic heterocycles. The van der Waals surface area contributed by atoms with Crippen LogP contribution in [0, 0.1) is 0 Å². The van der Waals surface area contributed by atoms with Gasteiger partial charge in [-0.05, 0) is 24.3 Å². The molecular formula is C20H14N4O2. The van der Waals surface area contributed by atoms with Crippen molar-refractivity contribution in [3.05, 3.63) is 66.9 Å². The lowest BCUT2D eigenvalue weighted by atomic mass is 10.1. The van der Waals surface area contributed by atoms with E-state index in [2.05, 4.69) is 10.2 Å². The molecule has 3 heterocycles. The molecule has 0 aliphatic rings. The average Bonchev–Trinajstić information content (AvgIpc) is 3.37.